The van der Waals surface area contributed by atoms with Gasteiger partial charge in [0.2, 0.25) is 0 Å². The van der Waals surface area contributed by atoms with Crippen LogP contribution in [-0.2, 0) is 6.54 Å². The standard InChI is InChI=1S/C31H26F2N6/c32-23-9-7-20(8-10-23)24-5-4-6-27-29(24)36-31(35-27)30-25-14-21(15-26(33)28(25)37-38-30)22-13-19(16-34-17-22)18-39-11-2-1-3-12-39/h4-10,13-17H,1-3,11-12,18H2,(H,35,36)(H,37,38). The van der Waals surface area contributed by atoms with Crippen LogP contribution in [0.2, 0.25) is 0 Å². The van der Waals surface area contributed by atoms with Crippen molar-refractivity contribution in [2.24, 2.45) is 0 Å². The summed E-state index contributed by atoms with van der Waals surface area (Å²) in [5.41, 5.74) is 6.85. The second-order valence-corrected chi connectivity index (χ2v) is 10.2. The fourth-order valence-corrected chi connectivity index (χ4v) is 5.54. The lowest BCUT2D eigenvalue weighted by Crippen LogP contribution is -2.29. The number of aromatic nitrogens is 5. The van der Waals surface area contributed by atoms with Gasteiger partial charge < -0.3 is 4.98 Å². The lowest BCUT2D eigenvalue weighted by Gasteiger charge is -2.26. The molecule has 1 fully saturated rings. The summed E-state index contributed by atoms with van der Waals surface area (Å²) in [6, 6.07) is 17.7. The maximum absolute atomic E-state index is 15.3. The van der Waals surface area contributed by atoms with Crippen molar-refractivity contribution in [1.29, 1.82) is 0 Å². The molecule has 194 valence electrons. The summed E-state index contributed by atoms with van der Waals surface area (Å²) in [7, 11) is 0. The highest BCUT2D eigenvalue weighted by atomic mass is 19.1. The van der Waals surface area contributed by atoms with E-state index in [0.717, 1.165) is 58.5 Å². The highest BCUT2D eigenvalue weighted by Crippen LogP contribution is 2.34. The quantitative estimate of drug-likeness (QED) is 0.254. The number of para-hydroxylation sites is 1. The highest BCUT2D eigenvalue weighted by molar-refractivity contribution is 5.98. The molecule has 7 rings (SSSR count). The van der Waals surface area contributed by atoms with Crippen LogP contribution >= 0.6 is 0 Å². The Balaban J connectivity index is 1.28. The largest absolute Gasteiger partial charge is 0.337 e. The third kappa shape index (κ3) is 4.46. The number of pyridine rings is 1. The molecule has 3 aromatic carbocycles. The van der Waals surface area contributed by atoms with E-state index in [0.29, 0.717) is 22.4 Å². The number of nitrogens with zero attached hydrogens (tertiary/aromatic N) is 4. The van der Waals surface area contributed by atoms with Gasteiger partial charge in [0.1, 0.15) is 22.8 Å². The molecule has 6 aromatic rings. The molecule has 1 saturated heterocycles. The van der Waals surface area contributed by atoms with Crippen LogP contribution in [-0.4, -0.2) is 43.1 Å². The summed E-state index contributed by atoms with van der Waals surface area (Å²) < 4.78 is 28.8. The minimum Gasteiger partial charge on any atom is -0.337 e. The summed E-state index contributed by atoms with van der Waals surface area (Å²) in [5, 5.41) is 7.91. The maximum Gasteiger partial charge on any atom is 0.159 e. The lowest BCUT2D eigenvalue weighted by molar-refractivity contribution is 0.220. The van der Waals surface area contributed by atoms with E-state index < -0.39 is 0 Å². The van der Waals surface area contributed by atoms with Gasteiger partial charge in [-0.2, -0.15) is 5.10 Å². The molecule has 3 aromatic heterocycles. The molecule has 1 aliphatic rings. The topological polar surface area (TPSA) is 73.5 Å². The zero-order valence-corrected chi connectivity index (χ0v) is 21.2. The van der Waals surface area contributed by atoms with Gasteiger partial charge in [0.05, 0.1) is 11.0 Å². The number of imidazole rings is 1. The molecule has 8 heteroatoms. The smallest absolute Gasteiger partial charge is 0.159 e. The van der Waals surface area contributed by atoms with Gasteiger partial charge in [-0.05, 0) is 79.0 Å². The zero-order valence-electron chi connectivity index (χ0n) is 21.2. The summed E-state index contributed by atoms with van der Waals surface area (Å²) in [6.07, 6.45) is 7.41. The summed E-state index contributed by atoms with van der Waals surface area (Å²) in [4.78, 5) is 15.1. The molecule has 0 amide bonds. The van der Waals surface area contributed by atoms with Gasteiger partial charge >= 0.3 is 0 Å². The van der Waals surface area contributed by atoms with Crippen molar-refractivity contribution < 1.29 is 8.78 Å². The van der Waals surface area contributed by atoms with Crippen LogP contribution in [0, 0.1) is 11.6 Å². The van der Waals surface area contributed by atoms with E-state index in [4.69, 9.17) is 4.98 Å². The van der Waals surface area contributed by atoms with E-state index in [1.54, 1.807) is 18.3 Å². The summed E-state index contributed by atoms with van der Waals surface area (Å²) >= 11 is 0. The number of likely N-dealkylation sites (tertiary alicyclic amines) is 1. The normalized spacial score (nSPS) is 14.4. The molecular weight excluding hydrogens is 494 g/mol. The van der Waals surface area contributed by atoms with Crippen molar-refractivity contribution in [3.8, 4) is 33.8 Å². The Bertz CT molecular complexity index is 1800. The molecule has 2 N–H and O–H groups in total. The molecule has 0 saturated carbocycles. The third-order valence-electron chi connectivity index (χ3n) is 7.50. The Morgan fingerprint density at radius 1 is 0.846 bits per heavy atom. The first-order chi connectivity index (χ1) is 19.1. The molecule has 0 atom stereocenters. The molecule has 6 nitrogen and oxygen atoms in total. The number of aromatic amines is 2. The molecular formula is C31H26F2N6. The fraction of sp³-hybridized carbons (Fsp3) is 0.194. The summed E-state index contributed by atoms with van der Waals surface area (Å²) in [6.45, 7) is 3.05. The minimum atomic E-state index is -0.384. The van der Waals surface area contributed by atoms with Crippen molar-refractivity contribution in [3.63, 3.8) is 0 Å². The van der Waals surface area contributed by atoms with E-state index in [9.17, 15) is 4.39 Å². The molecule has 0 bridgehead atoms. The number of benzene rings is 3. The molecule has 1 aliphatic heterocycles. The van der Waals surface area contributed by atoms with E-state index in [-0.39, 0.29) is 11.6 Å². The Morgan fingerprint density at radius 3 is 2.54 bits per heavy atom. The van der Waals surface area contributed by atoms with E-state index in [2.05, 4.69) is 31.1 Å². The van der Waals surface area contributed by atoms with Crippen molar-refractivity contribution in [2.75, 3.05) is 13.1 Å². The number of halogens is 2. The molecule has 0 aliphatic carbocycles. The van der Waals surface area contributed by atoms with Gasteiger partial charge in [-0.15, -0.1) is 0 Å². The summed E-state index contributed by atoms with van der Waals surface area (Å²) in [5.74, 6) is -0.146. The predicted octanol–water partition coefficient (Wildman–Crippen LogP) is 7.10. The number of nitrogens with one attached hydrogen (secondary N) is 2. The number of fused-ring (bicyclic) bond motifs is 2. The highest BCUT2D eigenvalue weighted by Gasteiger charge is 2.19. The second-order valence-electron chi connectivity index (χ2n) is 10.2. The molecule has 4 heterocycles. The van der Waals surface area contributed by atoms with Crippen LogP contribution in [0.1, 0.15) is 24.8 Å². The zero-order chi connectivity index (χ0) is 26.3. The SMILES string of the molecule is Fc1ccc(-c2cccc3[nH]c(-c4n[nH]c5c(F)cc(-c6cncc(CN7CCCCC7)c6)cc45)nc23)cc1. The van der Waals surface area contributed by atoms with Gasteiger partial charge in [-0.3, -0.25) is 15.0 Å². The molecule has 39 heavy (non-hydrogen) atoms. The average Bonchev–Trinajstić information content (AvgIpc) is 3.59. The number of hydrogen-bond donors (Lipinski definition) is 2. The van der Waals surface area contributed by atoms with Crippen LogP contribution in [0.25, 0.3) is 55.7 Å². The van der Waals surface area contributed by atoms with Crippen molar-refractivity contribution in [1.82, 2.24) is 30.0 Å². The van der Waals surface area contributed by atoms with Gasteiger partial charge in [0.15, 0.2) is 5.82 Å². The van der Waals surface area contributed by atoms with Crippen LogP contribution in [0.3, 0.4) is 0 Å². The monoisotopic (exact) mass is 520 g/mol. The second kappa shape index (κ2) is 9.71. The number of piperidine rings is 1. The Kier molecular flexibility index (Phi) is 5.89. The molecule has 0 unspecified atom stereocenters. The predicted molar refractivity (Wildman–Crippen MR) is 149 cm³/mol. The Labute approximate surface area is 223 Å². The first-order valence-electron chi connectivity index (χ1n) is 13.2. The van der Waals surface area contributed by atoms with Crippen LogP contribution < -0.4 is 0 Å². The maximum atomic E-state index is 15.3. The van der Waals surface area contributed by atoms with E-state index >= 15 is 4.39 Å². The van der Waals surface area contributed by atoms with Crippen molar-refractivity contribution >= 4 is 21.9 Å². The van der Waals surface area contributed by atoms with Crippen LogP contribution in [0.5, 0.6) is 0 Å². The van der Waals surface area contributed by atoms with Gasteiger partial charge in [-0.25, -0.2) is 13.8 Å². The van der Waals surface area contributed by atoms with E-state index in [1.807, 2.05) is 30.5 Å². The number of H-pyrrole nitrogens is 2. The number of rotatable bonds is 5. The first kappa shape index (κ1) is 23.7. The van der Waals surface area contributed by atoms with Crippen LogP contribution in [0.15, 0.2) is 73.1 Å². The van der Waals surface area contributed by atoms with Gasteiger partial charge in [0, 0.05) is 35.5 Å². The number of hydrogen-bond acceptors (Lipinski definition) is 4. The fourth-order valence-electron chi connectivity index (χ4n) is 5.54. The van der Waals surface area contributed by atoms with Crippen molar-refractivity contribution in [3.05, 3.63) is 90.3 Å². The average molecular weight is 521 g/mol. The van der Waals surface area contributed by atoms with Gasteiger partial charge in [-0.1, -0.05) is 30.7 Å². The minimum absolute atomic E-state index is 0.290. The van der Waals surface area contributed by atoms with Crippen molar-refractivity contribution in [2.45, 2.75) is 25.8 Å². The Morgan fingerprint density at radius 2 is 1.69 bits per heavy atom. The van der Waals surface area contributed by atoms with E-state index in [1.165, 1.54) is 37.5 Å². The Hall–Kier alpha value is -4.43. The van der Waals surface area contributed by atoms with Crippen LogP contribution in [0.4, 0.5) is 8.78 Å². The molecule has 0 spiro atoms. The lowest BCUT2D eigenvalue weighted by atomic mass is 10.0. The third-order valence-corrected chi connectivity index (χ3v) is 7.50. The van der Waals surface area contributed by atoms with Gasteiger partial charge in [0.25, 0.3) is 0 Å². The first-order valence-corrected chi connectivity index (χ1v) is 13.2. The molecule has 0 radical (unpaired) electrons.